The van der Waals surface area contributed by atoms with Gasteiger partial charge in [0.1, 0.15) is 17.5 Å². The lowest BCUT2D eigenvalue weighted by Crippen LogP contribution is -2.04. The summed E-state index contributed by atoms with van der Waals surface area (Å²) in [7, 11) is 0. The second kappa shape index (κ2) is 8.39. The lowest BCUT2D eigenvalue weighted by atomic mass is 9.99. The number of nitrogens with one attached hydrogen (secondary N) is 1. The fraction of sp³-hybridized carbons (Fsp3) is 0. The van der Waals surface area contributed by atoms with E-state index in [1.807, 2.05) is 18.2 Å². The van der Waals surface area contributed by atoms with Crippen LogP contribution in [0.2, 0.25) is 5.02 Å². The molecule has 0 saturated heterocycles. The van der Waals surface area contributed by atoms with E-state index in [0.29, 0.717) is 22.0 Å². The maximum atomic E-state index is 13.8. The van der Waals surface area contributed by atoms with E-state index in [1.54, 1.807) is 30.6 Å². The van der Waals surface area contributed by atoms with Crippen molar-refractivity contribution in [2.45, 2.75) is 0 Å². The molecule has 0 fully saturated rings. The number of aromatic nitrogens is 2. The predicted octanol–water partition coefficient (Wildman–Crippen LogP) is 6.05. The highest BCUT2D eigenvalue weighted by molar-refractivity contribution is 6.35. The number of benzene rings is 2. The second-order valence-electron chi connectivity index (χ2n) is 6.44. The topological polar surface area (TPSA) is 54.9 Å². The van der Waals surface area contributed by atoms with Crippen molar-refractivity contribution in [2.24, 2.45) is 0 Å². The maximum absolute atomic E-state index is 13.8. The third-order valence-electron chi connectivity index (χ3n) is 4.44. The number of ketones is 1. The first-order valence-electron chi connectivity index (χ1n) is 8.94. The lowest BCUT2D eigenvalue weighted by molar-refractivity contribution is 0.103. The van der Waals surface area contributed by atoms with Gasteiger partial charge in [0.25, 0.3) is 0 Å². The molecule has 30 heavy (non-hydrogen) atoms. The Morgan fingerprint density at radius 1 is 0.900 bits per heavy atom. The van der Waals surface area contributed by atoms with Gasteiger partial charge in [0.05, 0.1) is 10.7 Å². The second-order valence-corrected chi connectivity index (χ2v) is 6.85. The summed E-state index contributed by atoms with van der Waals surface area (Å²) in [6.07, 6.45) is 4.72. The first-order chi connectivity index (χ1) is 14.5. The average molecular weight is 422 g/mol. The van der Waals surface area contributed by atoms with Gasteiger partial charge < -0.3 is 5.32 Å². The molecule has 0 aliphatic rings. The van der Waals surface area contributed by atoms with Crippen LogP contribution in [0.5, 0.6) is 0 Å². The number of halogens is 3. The van der Waals surface area contributed by atoms with Crippen molar-refractivity contribution in [2.75, 3.05) is 5.32 Å². The molecule has 4 nitrogen and oxygen atoms in total. The summed E-state index contributed by atoms with van der Waals surface area (Å²) < 4.78 is 26.8. The minimum absolute atomic E-state index is 0.0797. The van der Waals surface area contributed by atoms with E-state index in [0.717, 1.165) is 23.3 Å². The number of nitrogens with zero attached hydrogens (tertiary/aromatic N) is 2. The number of anilines is 2. The first-order valence-corrected chi connectivity index (χ1v) is 9.32. The Morgan fingerprint density at radius 2 is 1.70 bits per heavy atom. The minimum atomic E-state index is -0.739. The Labute approximate surface area is 176 Å². The normalized spacial score (nSPS) is 10.6. The van der Waals surface area contributed by atoms with E-state index in [-0.39, 0.29) is 11.5 Å². The molecule has 4 aromatic rings. The number of carbonyl (C=O) groups excluding carboxylic acids is 1. The van der Waals surface area contributed by atoms with Crippen molar-refractivity contribution in [1.29, 1.82) is 0 Å². The van der Waals surface area contributed by atoms with Gasteiger partial charge in [-0.3, -0.25) is 9.78 Å². The molecule has 7 heteroatoms. The molecule has 0 amide bonds. The molecule has 0 atom stereocenters. The van der Waals surface area contributed by atoms with Gasteiger partial charge in [0.15, 0.2) is 5.78 Å². The van der Waals surface area contributed by atoms with Gasteiger partial charge in [-0.25, -0.2) is 13.8 Å². The molecule has 0 aliphatic carbocycles. The summed E-state index contributed by atoms with van der Waals surface area (Å²) in [5.41, 5.74) is 2.50. The molecule has 0 radical (unpaired) electrons. The van der Waals surface area contributed by atoms with Crippen LogP contribution in [0.3, 0.4) is 0 Å². The molecule has 0 unspecified atom stereocenters. The zero-order valence-electron chi connectivity index (χ0n) is 15.4. The van der Waals surface area contributed by atoms with Crippen molar-refractivity contribution >= 4 is 28.9 Å². The molecule has 2 heterocycles. The van der Waals surface area contributed by atoms with Gasteiger partial charge in [-0.15, -0.1) is 0 Å². The van der Waals surface area contributed by atoms with Crippen LogP contribution < -0.4 is 5.32 Å². The molecule has 2 aromatic heterocycles. The third kappa shape index (κ3) is 4.18. The van der Waals surface area contributed by atoms with Crippen molar-refractivity contribution in [1.82, 2.24) is 9.97 Å². The van der Waals surface area contributed by atoms with Gasteiger partial charge in [-0.2, -0.15) is 0 Å². The highest BCUT2D eigenvalue weighted by Gasteiger charge is 2.15. The summed E-state index contributed by atoms with van der Waals surface area (Å²) in [6, 6.07) is 15.2. The molecule has 1 N–H and O–H groups in total. The quantitative estimate of drug-likeness (QED) is 0.398. The van der Waals surface area contributed by atoms with Crippen LogP contribution in [0.25, 0.3) is 11.1 Å². The fourth-order valence-electron chi connectivity index (χ4n) is 2.91. The van der Waals surface area contributed by atoms with Gasteiger partial charge in [-0.1, -0.05) is 17.7 Å². The molecule has 2 aromatic carbocycles. The smallest absolute Gasteiger partial charge is 0.196 e. The molecular weight excluding hydrogens is 408 g/mol. The number of pyridine rings is 2. The Hall–Kier alpha value is -3.64. The van der Waals surface area contributed by atoms with Crippen LogP contribution in [0, 0.1) is 11.6 Å². The first kappa shape index (κ1) is 19.7. The standard InChI is InChI=1S/C23H14ClF2N3O/c24-19-4-1-15(14-7-9-27-10-8-14)11-18(19)23(30)16-2-6-22(28-13-16)29-21-5-3-17(25)12-20(21)26/h1-13H,(H,28,29). The Balaban J connectivity index is 1.58. The van der Waals surface area contributed by atoms with Crippen molar-refractivity contribution < 1.29 is 13.6 Å². The number of hydrogen-bond acceptors (Lipinski definition) is 4. The van der Waals surface area contributed by atoms with Crippen LogP contribution in [-0.2, 0) is 0 Å². The number of rotatable bonds is 5. The zero-order chi connectivity index (χ0) is 21.1. The number of hydrogen-bond donors (Lipinski definition) is 1. The van der Waals surface area contributed by atoms with Crippen LogP contribution in [0.15, 0.2) is 79.3 Å². The average Bonchev–Trinajstić information content (AvgIpc) is 2.77. The van der Waals surface area contributed by atoms with Crippen molar-refractivity contribution in [3.63, 3.8) is 0 Å². The van der Waals surface area contributed by atoms with Crippen LogP contribution in [0.4, 0.5) is 20.3 Å². The molecule has 0 bridgehead atoms. The zero-order valence-corrected chi connectivity index (χ0v) is 16.2. The largest absolute Gasteiger partial charge is 0.338 e. The molecule has 0 aliphatic heterocycles. The SMILES string of the molecule is O=C(c1ccc(Nc2ccc(F)cc2F)nc1)c1cc(-c2ccncc2)ccc1Cl. The van der Waals surface area contributed by atoms with Gasteiger partial charge >= 0.3 is 0 Å². The summed E-state index contributed by atoms with van der Waals surface area (Å²) in [5.74, 6) is -1.38. The van der Waals surface area contributed by atoms with E-state index in [9.17, 15) is 13.6 Å². The van der Waals surface area contributed by atoms with Crippen molar-refractivity contribution in [3.8, 4) is 11.1 Å². The van der Waals surface area contributed by atoms with E-state index in [1.165, 1.54) is 18.3 Å². The summed E-state index contributed by atoms with van der Waals surface area (Å²) >= 11 is 6.26. The van der Waals surface area contributed by atoms with E-state index in [2.05, 4.69) is 15.3 Å². The summed E-state index contributed by atoms with van der Waals surface area (Å²) in [5, 5.41) is 3.08. The van der Waals surface area contributed by atoms with Crippen molar-refractivity contribution in [3.05, 3.63) is 107 Å². The van der Waals surface area contributed by atoms with Crippen LogP contribution in [0.1, 0.15) is 15.9 Å². The summed E-state index contributed by atoms with van der Waals surface area (Å²) in [4.78, 5) is 21.1. The Bertz CT molecular complexity index is 1220. The third-order valence-corrected chi connectivity index (χ3v) is 4.77. The minimum Gasteiger partial charge on any atom is -0.338 e. The van der Waals surface area contributed by atoms with E-state index < -0.39 is 11.6 Å². The summed E-state index contributed by atoms with van der Waals surface area (Å²) in [6.45, 7) is 0. The predicted molar refractivity (Wildman–Crippen MR) is 112 cm³/mol. The van der Waals surface area contributed by atoms with E-state index >= 15 is 0 Å². The van der Waals surface area contributed by atoms with Crippen LogP contribution >= 0.6 is 11.6 Å². The monoisotopic (exact) mass is 421 g/mol. The van der Waals surface area contributed by atoms with Gasteiger partial charge in [0.2, 0.25) is 0 Å². The molecular formula is C23H14ClF2N3O. The Kier molecular flexibility index (Phi) is 5.50. The number of carbonyl (C=O) groups is 1. The fourth-order valence-corrected chi connectivity index (χ4v) is 3.11. The molecule has 148 valence electrons. The highest BCUT2D eigenvalue weighted by Crippen LogP contribution is 2.27. The van der Waals surface area contributed by atoms with Crippen LogP contribution in [-0.4, -0.2) is 15.8 Å². The maximum Gasteiger partial charge on any atom is 0.196 e. The molecule has 0 saturated carbocycles. The lowest BCUT2D eigenvalue weighted by Gasteiger charge is -2.09. The van der Waals surface area contributed by atoms with E-state index in [4.69, 9.17) is 11.6 Å². The molecule has 4 rings (SSSR count). The van der Waals surface area contributed by atoms with Gasteiger partial charge in [0, 0.05) is 35.8 Å². The molecule has 0 spiro atoms. The Morgan fingerprint density at radius 3 is 2.40 bits per heavy atom. The van der Waals surface area contributed by atoms with Gasteiger partial charge in [-0.05, 0) is 59.7 Å². The highest BCUT2D eigenvalue weighted by atomic mass is 35.5.